The van der Waals surface area contributed by atoms with Gasteiger partial charge in [-0.25, -0.2) is 20.2 Å². The molecule has 3 aromatic heterocycles. The Morgan fingerprint density at radius 1 is 1.08 bits per heavy atom. The van der Waals surface area contributed by atoms with E-state index in [9.17, 15) is 19.2 Å². The van der Waals surface area contributed by atoms with E-state index in [1.807, 2.05) is 32.2 Å². The monoisotopic (exact) mass is 979 g/mol. The maximum atomic E-state index is 14.5. The lowest BCUT2D eigenvalue weighted by Crippen LogP contribution is -2.62. The fraction of sp³-hybridized carbons (Fsp3) is 0.545. The van der Waals surface area contributed by atoms with Crippen molar-refractivity contribution in [1.29, 1.82) is 0 Å². The number of esters is 1. The summed E-state index contributed by atoms with van der Waals surface area (Å²) in [5, 5.41) is 11.2. The molecule has 0 radical (unpaired) electrons. The molecule has 0 aliphatic carbocycles. The molecule has 1 aromatic carbocycles. The number of cyclic esters (lactones) is 1. The molecule has 1 saturated heterocycles. The smallest absolute Gasteiger partial charge is 0.334 e. The van der Waals surface area contributed by atoms with Gasteiger partial charge in [0.05, 0.1) is 34.8 Å². The molecule has 4 aromatic rings. The Balaban J connectivity index is 0.00000352. The lowest BCUT2D eigenvalue weighted by Gasteiger charge is -2.37. The van der Waals surface area contributed by atoms with Crippen molar-refractivity contribution in [1.82, 2.24) is 45.2 Å². The molecule has 20 heteroatoms. The number of fused-ring (bicyclic) bond motifs is 6. The zero-order valence-electron chi connectivity index (χ0n) is 38.9. The van der Waals surface area contributed by atoms with Crippen molar-refractivity contribution in [3.63, 3.8) is 0 Å². The second-order valence-corrected chi connectivity index (χ2v) is 18.2. The number of ether oxygens (including phenoxy) is 2. The van der Waals surface area contributed by atoms with E-state index in [0.717, 1.165) is 44.7 Å². The van der Waals surface area contributed by atoms with Gasteiger partial charge in [0, 0.05) is 93.8 Å². The number of hydrogen-bond acceptors (Lipinski definition) is 11. The highest BCUT2D eigenvalue weighted by molar-refractivity contribution is 7.59. The van der Waals surface area contributed by atoms with Crippen LogP contribution in [0.4, 0.5) is 4.79 Å². The van der Waals surface area contributed by atoms with Crippen molar-refractivity contribution in [3.05, 3.63) is 58.2 Å². The van der Waals surface area contributed by atoms with Crippen molar-refractivity contribution in [2.24, 2.45) is 11.3 Å². The summed E-state index contributed by atoms with van der Waals surface area (Å²) in [7, 11) is 8.39. The van der Waals surface area contributed by atoms with E-state index in [-0.39, 0.29) is 85.1 Å². The molecule has 64 heavy (non-hydrogen) atoms. The number of nitrogens with one attached hydrogen (secondary N) is 2. The molecule has 2 aliphatic rings. The van der Waals surface area contributed by atoms with Crippen LogP contribution in [0.25, 0.3) is 33.4 Å². The summed E-state index contributed by atoms with van der Waals surface area (Å²) in [4.78, 5) is 67.1. The molecule has 0 unspecified atom stereocenters. The van der Waals surface area contributed by atoms with Crippen LogP contribution in [0.5, 0.6) is 0 Å². The number of carbonyl (C=O) groups excluding carboxylic acids is 4. The lowest BCUT2D eigenvalue weighted by molar-refractivity contribution is -0.155. The number of carbonyl (C=O) groups is 4. The fourth-order valence-electron chi connectivity index (χ4n) is 8.27. The molecule has 4 atom stereocenters. The maximum Gasteiger partial charge on any atom is 0.334 e. The molecule has 15 nitrogen and oxygen atoms in total. The largest absolute Gasteiger partial charge is 0.464 e. The van der Waals surface area contributed by atoms with E-state index in [4.69, 9.17) is 19.4 Å². The highest BCUT2D eigenvalue weighted by Gasteiger charge is 2.38. The van der Waals surface area contributed by atoms with Gasteiger partial charge in [0.25, 0.3) is 5.91 Å². The van der Waals surface area contributed by atoms with Crippen molar-refractivity contribution in [2.75, 3.05) is 48.5 Å². The van der Waals surface area contributed by atoms with Gasteiger partial charge in [-0.1, -0.05) is 33.8 Å². The minimum absolute atomic E-state index is 0. The molecule has 2 N–H and O–H groups in total. The van der Waals surface area contributed by atoms with Gasteiger partial charge in [-0.05, 0) is 68.9 Å². The second kappa shape index (κ2) is 23.8. The van der Waals surface area contributed by atoms with Gasteiger partial charge < -0.3 is 24.3 Å². The second-order valence-electron chi connectivity index (χ2n) is 17.2. The number of hydrogen-bond donors (Lipinski definition) is 2. The number of rotatable bonds is 9. The topological polar surface area (TPSA) is 154 Å². The molecule has 6 rings (SSSR count). The first kappa shape index (κ1) is 56.6. The third-order valence-corrected chi connectivity index (χ3v) is 12.5. The van der Waals surface area contributed by atoms with Crippen LogP contribution in [0.1, 0.15) is 76.8 Å². The number of pyridine rings is 1. The molecule has 356 valence electrons. The highest BCUT2D eigenvalue weighted by Crippen LogP contribution is 2.42. The molecule has 6 bridgehead atoms. The average Bonchev–Trinajstić information content (AvgIpc) is 3.82. The molecule has 4 amide bonds. The fourth-order valence-corrected chi connectivity index (χ4v) is 9.12. The van der Waals surface area contributed by atoms with E-state index >= 15 is 0 Å². The predicted molar refractivity (Wildman–Crippen MR) is 274 cm³/mol. The maximum absolute atomic E-state index is 14.5. The predicted octanol–water partition coefficient (Wildman–Crippen LogP) is 6.14. The van der Waals surface area contributed by atoms with E-state index < -0.39 is 41.3 Å². The van der Waals surface area contributed by atoms with Crippen LogP contribution in [0, 0.1) is 11.3 Å². The number of benzene rings is 1. The SMILES string of the molecule is CCn1c(-c2cccnc2[C@H](C)OC)c2c3cc(ccc31)-c1csc(n1)C[C@H](NC(=O)[C@H](C(C)C)N(C)C(=O)N(C)N(C)C)C(=O)N1CCC[C@H](N1)C(=O)OCC(C)(C)C2.S.S.S.S. The Morgan fingerprint density at radius 3 is 2.42 bits per heavy atom. The van der Waals surface area contributed by atoms with Crippen LogP contribution >= 0.6 is 65.3 Å². The number of methoxy groups -OCH3 is 1. The number of aromatic nitrogens is 3. The number of amides is 4. The third-order valence-electron chi connectivity index (χ3n) is 11.7. The summed E-state index contributed by atoms with van der Waals surface area (Å²) in [6.45, 7) is 13.2. The van der Waals surface area contributed by atoms with Crippen LogP contribution in [0.15, 0.2) is 41.9 Å². The number of nitrogens with zero attached hydrogens (tertiary/aromatic N) is 7. The van der Waals surface area contributed by atoms with E-state index in [1.54, 1.807) is 46.5 Å². The average molecular weight is 980 g/mol. The van der Waals surface area contributed by atoms with Crippen molar-refractivity contribution in [2.45, 2.75) is 98.0 Å². The Bertz CT molecular complexity index is 2230. The first-order valence-electron chi connectivity index (χ1n) is 20.8. The van der Waals surface area contributed by atoms with Gasteiger partial charge in [0.1, 0.15) is 18.1 Å². The molecule has 5 heterocycles. The summed E-state index contributed by atoms with van der Waals surface area (Å²) >= 11 is 1.42. The van der Waals surface area contributed by atoms with E-state index in [1.165, 1.54) is 26.3 Å². The third kappa shape index (κ3) is 12.1. The van der Waals surface area contributed by atoms with E-state index in [0.29, 0.717) is 37.4 Å². The molecule has 2 aliphatic heterocycles. The number of hydrazine groups is 2. The van der Waals surface area contributed by atoms with Gasteiger partial charge in [0.2, 0.25) is 5.91 Å². The van der Waals surface area contributed by atoms with Crippen LogP contribution in [-0.2, 0) is 43.2 Å². The van der Waals surface area contributed by atoms with Gasteiger partial charge >= 0.3 is 12.0 Å². The number of thiazole rings is 1. The van der Waals surface area contributed by atoms with Gasteiger partial charge in [-0.2, -0.15) is 54.0 Å². The Morgan fingerprint density at radius 2 is 1.78 bits per heavy atom. The van der Waals surface area contributed by atoms with Crippen molar-refractivity contribution in [3.8, 4) is 22.5 Å². The van der Waals surface area contributed by atoms with Crippen LogP contribution < -0.4 is 10.7 Å². The number of aryl methyl sites for hydroxylation is 1. The van der Waals surface area contributed by atoms with Crippen LogP contribution in [-0.4, -0.2) is 125 Å². The Hall–Kier alpha value is -3.50. The molecular formula is C44H69N9O6S5. The van der Waals surface area contributed by atoms with Crippen molar-refractivity contribution < 1.29 is 28.7 Å². The Kier molecular flexibility index (Phi) is 21.1. The first-order chi connectivity index (χ1) is 28.5. The summed E-state index contributed by atoms with van der Waals surface area (Å²) in [6, 6.07) is 7.36. The van der Waals surface area contributed by atoms with Gasteiger partial charge in [0.15, 0.2) is 0 Å². The highest BCUT2D eigenvalue weighted by atomic mass is 32.1. The number of likely N-dealkylation sites (N-methyl/N-ethyl adjacent to an activating group) is 1. The summed E-state index contributed by atoms with van der Waals surface area (Å²) in [5.74, 6) is -1.59. The standard InChI is InChI=1S/C44H61N9O6S.4H2S/c1-12-52-35-18-17-28-21-30(35)31(39(52)29-15-13-19-45-37(29)27(4)58-11)23-44(5,6)25-59-42(56)32-16-14-20-53(48-32)41(55)33(22-36-46-34(28)24-60-36)47-40(54)38(26(2)3)50(9)43(57)51(10)49(7)8;;;;/h13,15,17-19,21,24,26-27,32-33,38,48H,12,14,16,20,22-23,25H2,1-11H3,(H,47,54);4*1H2/t27-,32-,33-,38-;;;;/m0..../s1. The number of urea groups is 1. The quantitative estimate of drug-likeness (QED) is 0.148. The normalized spacial score (nSPS) is 18.3. The van der Waals surface area contributed by atoms with Crippen molar-refractivity contribution >= 4 is 100 Å². The molecule has 0 spiro atoms. The minimum atomic E-state index is -1.05. The summed E-state index contributed by atoms with van der Waals surface area (Å²) in [6.07, 6.45) is 3.27. The first-order valence-corrected chi connectivity index (χ1v) is 21.6. The van der Waals surface area contributed by atoms with Crippen LogP contribution in [0.3, 0.4) is 0 Å². The summed E-state index contributed by atoms with van der Waals surface area (Å²) in [5.41, 5.74) is 9.34. The minimum Gasteiger partial charge on any atom is -0.464 e. The van der Waals surface area contributed by atoms with Crippen LogP contribution in [0.2, 0.25) is 0 Å². The zero-order chi connectivity index (χ0) is 43.6. The summed E-state index contributed by atoms with van der Waals surface area (Å²) < 4.78 is 14.2. The Labute approximate surface area is 410 Å². The lowest BCUT2D eigenvalue weighted by atomic mass is 9.84. The van der Waals surface area contributed by atoms with Gasteiger partial charge in [-0.15, -0.1) is 11.3 Å². The zero-order valence-corrected chi connectivity index (χ0v) is 43.7. The molecule has 0 saturated carbocycles. The molecule has 1 fully saturated rings. The van der Waals surface area contributed by atoms with E-state index in [2.05, 4.69) is 60.3 Å². The molecular weight excluding hydrogens is 911 g/mol. The van der Waals surface area contributed by atoms with Gasteiger partial charge in [-0.3, -0.25) is 29.4 Å².